The summed E-state index contributed by atoms with van der Waals surface area (Å²) in [5.74, 6) is 1.38. The highest BCUT2D eigenvalue weighted by atomic mass is 16.1. The van der Waals surface area contributed by atoms with E-state index in [1.54, 1.807) is 18.3 Å². The van der Waals surface area contributed by atoms with Gasteiger partial charge >= 0.3 is 0 Å². The third-order valence-electron chi connectivity index (χ3n) is 2.93. The van der Waals surface area contributed by atoms with Gasteiger partial charge < -0.3 is 10.6 Å². The van der Waals surface area contributed by atoms with Crippen LogP contribution in [0.3, 0.4) is 0 Å². The van der Waals surface area contributed by atoms with Crippen LogP contribution in [0.15, 0.2) is 18.3 Å². The van der Waals surface area contributed by atoms with Gasteiger partial charge in [-0.05, 0) is 44.7 Å². The molecule has 1 aromatic heterocycles. The Morgan fingerprint density at radius 3 is 2.68 bits per heavy atom. The Morgan fingerprint density at radius 1 is 1.32 bits per heavy atom. The SMILES string of the molecule is CCNc1cc(C(=O)NC(C)CCC(C)C)ccn1. The highest BCUT2D eigenvalue weighted by Crippen LogP contribution is 2.09. The standard InChI is InChI=1S/C15H25N3O/c1-5-16-14-10-13(8-9-17-14)15(19)18-12(4)7-6-11(2)3/h8-12H,5-7H2,1-4H3,(H,16,17)(H,18,19). The zero-order valence-corrected chi connectivity index (χ0v) is 12.4. The zero-order valence-electron chi connectivity index (χ0n) is 12.4. The van der Waals surface area contributed by atoms with E-state index in [4.69, 9.17) is 0 Å². The topological polar surface area (TPSA) is 54.0 Å². The van der Waals surface area contributed by atoms with Crippen molar-refractivity contribution in [3.8, 4) is 0 Å². The molecule has 0 saturated carbocycles. The second-order valence-electron chi connectivity index (χ2n) is 5.31. The molecule has 4 nitrogen and oxygen atoms in total. The van der Waals surface area contributed by atoms with E-state index >= 15 is 0 Å². The van der Waals surface area contributed by atoms with E-state index in [1.165, 1.54) is 0 Å². The van der Waals surface area contributed by atoms with Crippen LogP contribution in [0, 0.1) is 5.92 Å². The van der Waals surface area contributed by atoms with Gasteiger partial charge in [0.2, 0.25) is 0 Å². The Labute approximate surface area is 116 Å². The van der Waals surface area contributed by atoms with Gasteiger partial charge in [0.1, 0.15) is 5.82 Å². The largest absolute Gasteiger partial charge is 0.370 e. The zero-order chi connectivity index (χ0) is 14.3. The van der Waals surface area contributed by atoms with Gasteiger partial charge in [-0.2, -0.15) is 0 Å². The van der Waals surface area contributed by atoms with E-state index < -0.39 is 0 Å². The number of rotatable bonds is 7. The number of aromatic nitrogens is 1. The first kappa shape index (κ1) is 15.5. The van der Waals surface area contributed by atoms with Crippen LogP contribution >= 0.6 is 0 Å². The molecule has 1 atom stereocenters. The third kappa shape index (κ3) is 5.73. The molecule has 0 aromatic carbocycles. The fraction of sp³-hybridized carbons (Fsp3) is 0.600. The molecule has 0 bridgehead atoms. The summed E-state index contributed by atoms with van der Waals surface area (Å²) < 4.78 is 0. The van der Waals surface area contributed by atoms with Crippen LogP contribution in [-0.4, -0.2) is 23.5 Å². The maximum Gasteiger partial charge on any atom is 0.251 e. The van der Waals surface area contributed by atoms with Crippen molar-refractivity contribution in [3.05, 3.63) is 23.9 Å². The minimum Gasteiger partial charge on any atom is -0.370 e. The van der Waals surface area contributed by atoms with E-state index in [9.17, 15) is 4.79 Å². The van der Waals surface area contributed by atoms with E-state index in [1.807, 2.05) is 13.8 Å². The summed E-state index contributed by atoms with van der Waals surface area (Å²) in [6, 6.07) is 3.73. The molecule has 0 fully saturated rings. The van der Waals surface area contributed by atoms with Crippen LogP contribution in [0.2, 0.25) is 0 Å². The van der Waals surface area contributed by atoms with Crippen molar-refractivity contribution < 1.29 is 4.79 Å². The Balaban J connectivity index is 2.55. The Hall–Kier alpha value is -1.58. The molecule has 4 heteroatoms. The number of carbonyl (C=O) groups is 1. The summed E-state index contributed by atoms with van der Waals surface area (Å²) in [6.07, 6.45) is 3.79. The molecule has 2 N–H and O–H groups in total. The maximum atomic E-state index is 12.1. The molecule has 0 aliphatic carbocycles. The minimum atomic E-state index is -0.0298. The molecule has 19 heavy (non-hydrogen) atoms. The van der Waals surface area contributed by atoms with Crippen molar-refractivity contribution in [1.82, 2.24) is 10.3 Å². The van der Waals surface area contributed by atoms with E-state index in [2.05, 4.69) is 29.5 Å². The maximum absolute atomic E-state index is 12.1. The predicted octanol–water partition coefficient (Wildman–Crippen LogP) is 3.07. The second kappa shape index (κ2) is 7.77. The van der Waals surface area contributed by atoms with Gasteiger partial charge in [-0.1, -0.05) is 13.8 Å². The highest BCUT2D eigenvalue weighted by Gasteiger charge is 2.11. The van der Waals surface area contributed by atoms with Gasteiger partial charge in [-0.25, -0.2) is 4.98 Å². The van der Waals surface area contributed by atoms with E-state index in [0.717, 1.165) is 25.2 Å². The van der Waals surface area contributed by atoms with Crippen molar-refractivity contribution in [2.75, 3.05) is 11.9 Å². The molecule has 1 amide bonds. The first-order valence-corrected chi connectivity index (χ1v) is 7.03. The van der Waals surface area contributed by atoms with Crippen LogP contribution in [0.4, 0.5) is 5.82 Å². The summed E-state index contributed by atoms with van der Waals surface area (Å²) in [4.78, 5) is 16.2. The highest BCUT2D eigenvalue weighted by molar-refractivity contribution is 5.94. The van der Waals surface area contributed by atoms with Crippen molar-refractivity contribution in [2.24, 2.45) is 5.92 Å². The average Bonchev–Trinajstić information content (AvgIpc) is 2.37. The fourth-order valence-corrected chi connectivity index (χ4v) is 1.81. The quantitative estimate of drug-likeness (QED) is 0.795. The number of nitrogens with one attached hydrogen (secondary N) is 2. The number of amides is 1. The molecule has 0 saturated heterocycles. The number of carbonyl (C=O) groups excluding carboxylic acids is 1. The van der Waals surface area contributed by atoms with Crippen molar-refractivity contribution >= 4 is 11.7 Å². The van der Waals surface area contributed by atoms with Crippen LogP contribution in [0.5, 0.6) is 0 Å². The van der Waals surface area contributed by atoms with Gasteiger partial charge in [0, 0.05) is 24.3 Å². The Morgan fingerprint density at radius 2 is 2.05 bits per heavy atom. The normalized spacial score (nSPS) is 12.3. The summed E-state index contributed by atoms with van der Waals surface area (Å²) in [5.41, 5.74) is 0.655. The predicted molar refractivity (Wildman–Crippen MR) is 79.4 cm³/mol. The van der Waals surface area contributed by atoms with Gasteiger partial charge in [0.05, 0.1) is 0 Å². The average molecular weight is 263 g/mol. The molecule has 1 rings (SSSR count). The Kier molecular flexibility index (Phi) is 6.33. The second-order valence-corrected chi connectivity index (χ2v) is 5.31. The van der Waals surface area contributed by atoms with E-state index in [0.29, 0.717) is 11.5 Å². The van der Waals surface area contributed by atoms with Crippen molar-refractivity contribution in [3.63, 3.8) is 0 Å². The molecule has 106 valence electrons. The van der Waals surface area contributed by atoms with Crippen LogP contribution < -0.4 is 10.6 Å². The molecule has 1 unspecified atom stereocenters. The molecule has 0 radical (unpaired) electrons. The molecular weight excluding hydrogens is 238 g/mol. The lowest BCUT2D eigenvalue weighted by Gasteiger charge is -2.15. The Bertz CT molecular complexity index is 404. The number of nitrogens with zero attached hydrogens (tertiary/aromatic N) is 1. The summed E-state index contributed by atoms with van der Waals surface area (Å²) in [6.45, 7) is 9.23. The minimum absolute atomic E-state index is 0.0298. The molecule has 0 aliphatic rings. The van der Waals surface area contributed by atoms with E-state index in [-0.39, 0.29) is 11.9 Å². The summed E-state index contributed by atoms with van der Waals surface area (Å²) >= 11 is 0. The molecular formula is C15H25N3O. The van der Waals surface area contributed by atoms with Crippen LogP contribution in [-0.2, 0) is 0 Å². The number of anilines is 1. The number of hydrogen-bond acceptors (Lipinski definition) is 3. The van der Waals surface area contributed by atoms with Gasteiger partial charge in [-0.3, -0.25) is 4.79 Å². The molecule has 0 spiro atoms. The first-order valence-electron chi connectivity index (χ1n) is 7.03. The van der Waals surface area contributed by atoms with Gasteiger partial charge in [0.25, 0.3) is 5.91 Å². The van der Waals surface area contributed by atoms with Gasteiger partial charge in [0.15, 0.2) is 0 Å². The smallest absolute Gasteiger partial charge is 0.251 e. The summed E-state index contributed by atoms with van der Waals surface area (Å²) in [5, 5.41) is 6.13. The van der Waals surface area contributed by atoms with Crippen LogP contribution in [0.1, 0.15) is 50.9 Å². The summed E-state index contributed by atoms with van der Waals surface area (Å²) in [7, 11) is 0. The molecule has 1 heterocycles. The van der Waals surface area contributed by atoms with Crippen molar-refractivity contribution in [2.45, 2.75) is 46.6 Å². The fourth-order valence-electron chi connectivity index (χ4n) is 1.81. The number of pyridine rings is 1. The lowest BCUT2D eigenvalue weighted by atomic mass is 10.0. The molecule has 1 aromatic rings. The monoisotopic (exact) mass is 263 g/mol. The van der Waals surface area contributed by atoms with Crippen molar-refractivity contribution in [1.29, 1.82) is 0 Å². The lowest BCUT2D eigenvalue weighted by Crippen LogP contribution is -2.32. The third-order valence-corrected chi connectivity index (χ3v) is 2.93. The molecule has 0 aliphatic heterocycles. The first-order chi connectivity index (χ1) is 9.02. The number of hydrogen-bond donors (Lipinski definition) is 2. The van der Waals surface area contributed by atoms with Gasteiger partial charge in [-0.15, -0.1) is 0 Å². The lowest BCUT2D eigenvalue weighted by molar-refractivity contribution is 0.0937. The van der Waals surface area contributed by atoms with Crippen LogP contribution in [0.25, 0.3) is 0 Å².